The molecule has 1 saturated carbocycles. The first-order valence-electron chi connectivity index (χ1n) is 7.00. The largest absolute Gasteiger partial charge is 0.480 e. The predicted molar refractivity (Wildman–Crippen MR) is 70.1 cm³/mol. The molecule has 0 aromatic carbocycles. The molecule has 0 spiro atoms. The van der Waals surface area contributed by atoms with E-state index >= 15 is 0 Å². The van der Waals surface area contributed by atoms with Crippen LogP contribution in [-0.2, 0) is 9.59 Å². The van der Waals surface area contributed by atoms with E-state index in [1.807, 2.05) is 13.8 Å². The maximum atomic E-state index is 12.2. The summed E-state index contributed by atoms with van der Waals surface area (Å²) in [6.45, 7) is 5.89. The van der Waals surface area contributed by atoms with Crippen LogP contribution in [0.3, 0.4) is 0 Å². The van der Waals surface area contributed by atoms with Crippen LogP contribution >= 0.6 is 0 Å². The first kappa shape index (κ1) is 15.0. The number of hydrogen-bond donors (Lipinski definition) is 2. The highest BCUT2D eigenvalue weighted by molar-refractivity contribution is 5.85. The average molecular weight is 255 g/mol. The molecule has 0 heterocycles. The summed E-state index contributed by atoms with van der Waals surface area (Å²) >= 11 is 0. The van der Waals surface area contributed by atoms with Gasteiger partial charge < -0.3 is 10.4 Å². The number of carbonyl (C=O) groups is 2. The molecule has 4 nitrogen and oxygen atoms in total. The van der Waals surface area contributed by atoms with Crippen molar-refractivity contribution in [3.05, 3.63) is 0 Å². The highest BCUT2D eigenvalue weighted by Gasteiger charge is 2.32. The van der Waals surface area contributed by atoms with Crippen LogP contribution in [0.1, 0.15) is 52.9 Å². The Morgan fingerprint density at radius 1 is 1.33 bits per heavy atom. The van der Waals surface area contributed by atoms with Gasteiger partial charge in [0.05, 0.1) is 0 Å². The third-order valence-corrected chi connectivity index (χ3v) is 4.23. The molecule has 4 heteroatoms. The molecule has 0 aromatic rings. The van der Waals surface area contributed by atoms with Gasteiger partial charge in [-0.05, 0) is 24.7 Å². The molecule has 0 aromatic heterocycles. The minimum Gasteiger partial charge on any atom is -0.480 e. The normalized spacial score (nSPS) is 27.3. The lowest BCUT2D eigenvalue weighted by Gasteiger charge is -2.30. The van der Waals surface area contributed by atoms with Gasteiger partial charge in [-0.15, -0.1) is 0 Å². The Bertz CT molecular complexity index is 303. The van der Waals surface area contributed by atoms with Crippen molar-refractivity contribution in [2.75, 3.05) is 0 Å². The first-order chi connectivity index (χ1) is 8.47. The number of carboxylic acid groups (broad SMARTS) is 1. The molecule has 1 fully saturated rings. The van der Waals surface area contributed by atoms with Crippen LogP contribution in [0.4, 0.5) is 0 Å². The van der Waals surface area contributed by atoms with Crippen molar-refractivity contribution in [2.24, 2.45) is 17.8 Å². The van der Waals surface area contributed by atoms with E-state index in [1.165, 1.54) is 6.42 Å². The van der Waals surface area contributed by atoms with Gasteiger partial charge in [0.15, 0.2) is 0 Å². The van der Waals surface area contributed by atoms with E-state index in [0.717, 1.165) is 25.7 Å². The summed E-state index contributed by atoms with van der Waals surface area (Å²) in [6.07, 6.45) is 4.96. The van der Waals surface area contributed by atoms with Crippen LogP contribution in [0.2, 0.25) is 0 Å². The van der Waals surface area contributed by atoms with Crippen LogP contribution in [0.15, 0.2) is 0 Å². The second-order valence-corrected chi connectivity index (χ2v) is 5.58. The summed E-state index contributed by atoms with van der Waals surface area (Å²) in [5, 5.41) is 11.9. The lowest BCUT2D eigenvalue weighted by Crippen LogP contribution is -2.48. The minimum atomic E-state index is -0.929. The maximum absolute atomic E-state index is 12.2. The van der Waals surface area contributed by atoms with E-state index in [4.69, 9.17) is 0 Å². The molecule has 2 N–H and O–H groups in total. The Hall–Kier alpha value is -1.06. The topological polar surface area (TPSA) is 66.4 Å². The fraction of sp³-hybridized carbons (Fsp3) is 0.857. The van der Waals surface area contributed by atoms with Gasteiger partial charge in [-0.1, -0.05) is 40.0 Å². The highest BCUT2D eigenvalue weighted by Crippen LogP contribution is 2.29. The van der Waals surface area contributed by atoms with E-state index in [2.05, 4.69) is 12.2 Å². The zero-order chi connectivity index (χ0) is 13.7. The van der Waals surface area contributed by atoms with Crippen molar-refractivity contribution in [3.63, 3.8) is 0 Å². The number of rotatable bonds is 5. The van der Waals surface area contributed by atoms with Gasteiger partial charge in [-0.2, -0.15) is 0 Å². The SMILES string of the molecule is CC[C@@H](C)[C@H](NC(=O)[C@@H]1CCCC[C@@H]1C)C(=O)O. The molecule has 0 unspecified atom stereocenters. The number of aliphatic carboxylic acids is 1. The van der Waals surface area contributed by atoms with Gasteiger partial charge in [-0.3, -0.25) is 4.79 Å². The van der Waals surface area contributed by atoms with E-state index < -0.39 is 12.0 Å². The van der Waals surface area contributed by atoms with Crippen LogP contribution < -0.4 is 5.32 Å². The summed E-state index contributed by atoms with van der Waals surface area (Å²) in [7, 11) is 0. The van der Waals surface area contributed by atoms with Crippen LogP contribution in [-0.4, -0.2) is 23.0 Å². The smallest absolute Gasteiger partial charge is 0.326 e. The van der Waals surface area contributed by atoms with E-state index in [9.17, 15) is 14.7 Å². The standard InChI is InChI=1S/C14H25NO3/c1-4-9(2)12(14(17)18)15-13(16)11-8-6-5-7-10(11)3/h9-12H,4-8H2,1-3H3,(H,15,16)(H,17,18)/t9-,10+,11-,12+/m1/s1. The Labute approximate surface area is 109 Å². The summed E-state index contributed by atoms with van der Waals surface area (Å²) in [4.78, 5) is 23.4. The Morgan fingerprint density at radius 2 is 1.94 bits per heavy atom. The molecule has 0 saturated heterocycles. The van der Waals surface area contributed by atoms with Crippen molar-refractivity contribution in [2.45, 2.75) is 58.9 Å². The van der Waals surface area contributed by atoms with Crippen LogP contribution in [0.25, 0.3) is 0 Å². The molecule has 0 radical (unpaired) electrons. The Kier molecular flexibility index (Phi) is 5.63. The molecular formula is C14H25NO3. The van der Waals surface area contributed by atoms with Crippen LogP contribution in [0.5, 0.6) is 0 Å². The summed E-state index contributed by atoms with van der Waals surface area (Å²) < 4.78 is 0. The fourth-order valence-corrected chi connectivity index (χ4v) is 2.65. The van der Waals surface area contributed by atoms with Gasteiger partial charge in [-0.25, -0.2) is 4.79 Å². The molecule has 4 atom stereocenters. The van der Waals surface area contributed by atoms with Crippen molar-refractivity contribution < 1.29 is 14.7 Å². The van der Waals surface area contributed by atoms with Crippen molar-refractivity contribution in [3.8, 4) is 0 Å². The number of nitrogens with one attached hydrogen (secondary N) is 1. The fourth-order valence-electron chi connectivity index (χ4n) is 2.65. The second-order valence-electron chi connectivity index (χ2n) is 5.58. The lowest BCUT2D eigenvalue weighted by atomic mass is 9.79. The molecular weight excluding hydrogens is 230 g/mol. The van der Waals surface area contributed by atoms with E-state index in [-0.39, 0.29) is 17.7 Å². The van der Waals surface area contributed by atoms with Gasteiger partial charge in [0.2, 0.25) is 5.91 Å². The molecule has 104 valence electrons. The average Bonchev–Trinajstić information content (AvgIpc) is 2.35. The highest BCUT2D eigenvalue weighted by atomic mass is 16.4. The zero-order valence-electron chi connectivity index (χ0n) is 11.6. The van der Waals surface area contributed by atoms with Crippen LogP contribution in [0, 0.1) is 17.8 Å². The molecule has 1 aliphatic rings. The summed E-state index contributed by atoms with van der Waals surface area (Å²) in [5.41, 5.74) is 0. The summed E-state index contributed by atoms with van der Waals surface area (Å²) in [6, 6.07) is -0.753. The second kappa shape index (κ2) is 6.76. The Balaban J connectivity index is 2.63. The number of carboxylic acids is 1. The monoisotopic (exact) mass is 255 g/mol. The van der Waals surface area contributed by atoms with E-state index in [0.29, 0.717) is 5.92 Å². The molecule has 0 aliphatic heterocycles. The van der Waals surface area contributed by atoms with Crippen molar-refractivity contribution in [1.29, 1.82) is 0 Å². The lowest BCUT2D eigenvalue weighted by molar-refractivity contribution is -0.144. The maximum Gasteiger partial charge on any atom is 0.326 e. The summed E-state index contributed by atoms with van der Waals surface area (Å²) in [5.74, 6) is -0.684. The molecule has 18 heavy (non-hydrogen) atoms. The van der Waals surface area contributed by atoms with Crippen molar-refractivity contribution >= 4 is 11.9 Å². The quantitative estimate of drug-likeness (QED) is 0.793. The third-order valence-electron chi connectivity index (χ3n) is 4.23. The number of carbonyl (C=O) groups excluding carboxylic acids is 1. The van der Waals surface area contributed by atoms with Gasteiger partial charge in [0.25, 0.3) is 0 Å². The Morgan fingerprint density at radius 3 is 2.44 bits per heavy atom. The number of hydrogen-bond acceptors (Lipinski definition) is 2. The number of amides is 1. The molecule has 0 bridgehead atoms. The van der Waals surface area contributed by atoms with Gasteiger partial charge in [0, 0.05) is 5.92 Å². The van der Waals surface area contributed by atoms with Crippen molar-refractivity contribution in [1.82, 2.24) is 5.32 Å². The van der Waals surface area contributed by atoms with Gasteiger partial charge in [0.1, 0.15) is 6.04 Å². The zero-order valence-corrected chi connectivity index (χ0v) is 11.6. The molecule has 1 amide bonds. The third kappa shape index (κ3) is 3.72. The predicted octanol–water partition coefficient (Wildman–Crippen LogP) is 2.43. The molecule has 1 rings (SSSR count). The minimum absolute atomic E-state index is 0.00958. The van der Waals surface area contributed by atoms with Gasteiger partial charge >= 0.3 is 5.97 Å². The van der Waals surface area contributed by atoms with E-state index in [1.54, 1.807) is 0 Å². The first-order valence-corrected chi connectivity index (χ1v) is 7.00. The molecule has 1 aliphatic carbocycles.